The van der Waals surface area contributed by atoms with E-state index in [-0.39, 0.29) is 5.91 Å². The quantitative estimate of drug-likeness (QED) is 0.898. The molecule has 2 rings (SSSR count). The number of amides is 1. The Balaban J connectivity index is 1.72. The van der Waals surface area contributed by atoms with Crippen LogP contribution in [0.15, 0.2) is 24.3 Å². The Labute approximate surface area is 132 Å². The minimum absolute atomic E-state index is 0.129. The lowest BCUT2D eigenvalue weighted by atomic mass is 10.1. The molecule has 0 radical (unpaired) electrons. The Morgan fingerprint density at radius 3 is 2.95 bits per heavy atom. The zero-order chi connectivity index (χ0) is 15.2. The summed E-state index contributed by atoms with van der Waals surface area (Å²) in [6, 6.07) is 8.08. The summed E-state index contributed by atoms with van der Waals surface area (Å²) >= 11 is 5.95. The summed E-state index contributed by atoms with van der Waals surface area (Å²) in [7, 11) is 4.20. The van der Waals surface area contributed by atoms with Gasteiger partial charge in [-0.05, 0) is 38.2 Å². The molecule has 1 atom stereocenters. The van der Waals surface area contributed by atoms with Crippen molar-refractivity contribution in [2.24, 2.45) is 0 Å². The highest BCUT2D eigenvalue weighted by atomic mass is 35.5. The van der Waals surface area contributed by atoms with Crippen molar-refractivity contribution in [1.82, 2.24) is 15.1 Å². The van der Waals surface area contributed by atoms with Crippen molar-refractivity contribution < 1.29 is 4.79 Å². The maximum absolute atomic E-state index is 12.0. The third-order valence-electron chi connectivity index (χ3n) is 4.03. The van der Waals surface area contributed by atoms with E-state index < -0.39 is 0 Å². The number of carbonyl (C=O) groups excluding carboxylic acids is 1. The van der Waals surface area contributed by atoms with Crippen LogP contribution in [0, 0.1) is 0 Å². The van der Waals surface area contributed by atoms with E-state index in [0.29, 0.717) is 19.0 Å². The number of likely N-dealkylation sites (N-methyl/N-ethyl adjacent to an activating group) is 2. The van der Waals surface area contributed by atoms with E-state index in [2.05, 4.69) is 29.2 Å². The number of hydrogen-bond acceptors (Lipinski definition) is 3. The highest BCUT2D eigenvalue weighted by Gasteiger charge is 2.24. The molecule has 1 aliphatic rings. The first-order chi connectivity index (χ1) is 10.0. The summed E-state index contributed by atoms with van der Waals surface area (Å²) < 4.78 is 0. The predicted molar refractivity (Wildman–Crippen MR) is 86.7 cm³/mol. The van der Waals surface area contributed by atoms with Crippen LogP contribution >= 0.6 is 11.6 Å². The molecular formula is C16H24ClN3O. The molecule has 0 aromatic heterocycles. The molecule has 4 nitrogen and oxygen atoms in total. The number of rotatable bonds is 5. The van der Waals surface area contributed by atoms with Crippen LogP contribution in [0.25, 0.3) is 0 Å². The van der Waals surface area contributed by atoms with Gasteiger partial charge in [0, 0.05) is 43.7 Å². The van der Waals surface area contributed by atoms with E-state index in [1.54, 1.807) is 0 Å². The van der Waals surface area contributed by atoms with Crippen LogP contribution in [0.2, 0.25) is 5.02 Å². The van der Waals surface area contributed by atoms with Gasteiger partial charge < -0.3 is 15.1 Å². The molecule has 5 heteroatoms. The summed E-state index contributed by atoms with van der Waals surface area (Å²) in [5.41, 5.74) is 1.15. The number of benzene rings is 1. The van der Waals surface area contributed by atoms with Crippen LogP contribution in [-0.2, 0) is 11.2 Å². The molecule has 1 unspecified atom stereocenters. The van der Waals surface area contributed by atoms with Crippen LogP contribution in [-0.4, -0.2) is 62.0 Å². The Bertz CT molecular complexity index is 480. The second-order valence-electron chi connectivity index (χ2n) is 5.83. The van der Waals surface area contributed by atoms with Gasteiger partial charge in [-0.15, -0.1) is 0 Å². The number of hydrogen-bond donors (Lipinski definition) is 1. The van der Waals surface area contributed by atoms with Crippen molar-refractivity contribution in [1.29, 1.82) is 0 Å². The van der Waals surface area contributed by atoms with Gasteiger partial charge in [-0.1, -0.05) is 23.7 Å². The zero-order valence-corrected chi connectivity index (χ0v) is 13.6. The topological polar surface area (TPSA) is 35.6 Å². The average Bonchev–Trinajstić information content (AvgIpc) is 2.43. The molecule has 1 fully saturated rings. The van der Waals surface area contributed by atoms with Gasteiger partial charge in [0.2, 0.25) is 5.91 Å². The average molecular weight is 310 g/mol. The fourth-order valence-electron chi connectivity index (χ4n) is 2.65. The van der Waals surface area contributed by atoms with Crippen LogP contribution in [0.3, 0.4) is 0 Å². The third-order valence-corrected chi connectivity index (χ3v) is 4.26. The van der Waals surface area contributed by atoms with E-state index >= 15 is 0 Å². The predicted octanol–water partition coefficient (Wildman–Crippen LogP) is 1.63. The van der Waals surface area contributed by atoms with Gasteiger partial charge in [-0.25, -0.2) is 0 Å². The fraction of sp³-hybridized carbons (Fsp3) is 0.562. The molecule has 0 spiro atoms. The number of carbonyl (C=O) groups is 1. The second kappa shape index (κ2) is 7.78. The smallest absolute Gasteiger partial charge is 0.221 e. The molecule has 0 saturated carbocycles. The SMILES string of the molecule is CN1CCN(C)C(CC(=O)NCCc2cccc(Cl)c2)C1. The minimum Gasteiger partial charge on any atom is -0.356 e. The maximum Gasteiger partial charge on any atom is 0.221 e. The molecule has 1 amide bonds. The molecule has 0 bridgehead atoms. The van der Waals surface area contributed by atoms with Gasteiger partial charge in [-0.2, -0.15) is 0 Å². The van der Waals surface area contributed by atoms with E-state index in [4.69, 9.17) is 11.6 Å². The first-order valence-corrected chi connectivity index (χ1v) is 7.82. The molecule has 0 aliphatic carbocycles. The van der Waals surface area contributed by atoms with Gasteiger partial charge in [0.05, 0.1) is 0 Å². The van der Waals surface area contributed by atoms with E-state index in [1.807, 2.05) is 24.3 Å². The molecule has 1 saturated heterocycles. The number of nitrogens with zero attached hydrogens (tertiary/aromatic N) is 2. The van der Waals surface area contributed by atoms with Gasteiger partial charge >= 0.3 is 0 Å². The molecule has 21 heavy (non-hydrogen) atoms. The van der Waals surface area contributed by atoms with Crippen molar-refractivity contribution in [3.8, 4) is 0 Å². The maximum atomic E-state index is 12.0. The minimum atomic E-state index is 0.129. The van der Waals surface area contributed by atoms with E-state index in [9.17, 15) is 4.79 Å². The van der Waals surface area contributed by atoms with Gasteiger partial charge in [0.25, 0.3) is 0 Å². The monoisotopic (exact) mass is 309 g/mol. The Morgan fingerprint density at radius 2 is 2.19 bits per heavy atom. The fourth-order valence-corrected chi connectivity index (χ4v) is 2.86. The third kappa shape index (κ3) is 5.30. The highest BCUT2D eigenvalue weighted by molar-refractivity contribution is 6.30. The Kier molecular flexibility index (Phi) is 6.03. The first-order valence-electron chi connectivity index (χ1n) is 7.44. The summed E-state index contributed by atoms with van der Waals surface area (Å²) in [5, 5.41) is 3.75. The number of halogens is 1. The Hall–Kier alpha value is -1.10. The molecule has 1 N–H and O–H groups in total. The van der Waals surface area contributed by atoms with Gasteiger partial charge in [0.1, 0.15) is 0 Å². The highest BCUT2D eigenvalue weighted by Crippen LogP contribution is 2.11. The molecule has 1 heterocycles. The van der Waals surface area contributed by atoms with Crippen molar-refractivity contribution >= 4 is 17.5 Å². The number of piperazine rings is 1. The first kappa shape index (κ1) is 16.3. The van der Waals surface area contributed by atoms with Crippen molar-refractivity contribution in [3.63, 3.8) is 0 Å². The molecule has 1 aliphatic heterocycles. The van der Waals surface area contributed by atoms with Crippen LogP contribution in [0.5, 0.6) is 0 Å². The molecule has 116 valence electrons. The lowest BCUT2D eigenvalue weighted by Gasteiger charge is -2.37. The largest absolute Gasteiger partial charge is 0.356 e. The van der Waals surface area contributed by atoms with Gasteiger partial charge in [0.15, 0.2) is 0 Å². The normalized spacial score (nSPS) is 20.4. The van der Waals surface area contributed by atoms with Gasteiger partial charge in [-0.3, -0.25) is 4.79 Å². The van der Waals surface area contributed by atoms with E-state index in [1.165, 1.54) is 0 Å². The summed E-state index contributed by atoms with van der Waals surface area (Å²) in [4.78, 5) is 16.6. The van der Waals surface area contributed by atoms with E-state index in [0.717, 1.165) is 36.6 Å². The summed E-state index contributed by atoms with van der Waals surface area (Å²) in [6.07, 6.45) is 1.38. The van der Waals surface area contributed by atoms with Crippen LogP contribution in [0.4, 0.5) is 0 Å². The number of nitrogens with one attached hydrogen (secondary N) is 1. The zero-order valence-electron chi connectivity index (χ0n) is 12.8. The van der Waals surface area contributed by atoms with Crippen LogP contribution in [0.1, 0.15) is 12.0 Å². The van der Waals surface area contributed by atoms with Crippen molar-refractivity contribution in [2.45, 2.75) is 18.9 Å². The Morgan fingerprint density at radius 1 is 1.38 bits per heavy atom. The van der Waals surface area contributed by atoms with Crippen molar-refractivity contribution in [2.75, 3.05) is 40.3 Å². The lowest BCUT2D eigenvalue weighted by Crippen LogP contribution is -2.51. The standard InChI is InChI=1S/C16H24ClN3O/c1-19-8-9-20(2)15(12-19)11-16(21)18-7-6-13-4-3-5-14(17)10-13/h3-5,10,15H,6-9,11-12H2,1-2H3,(H,18,21). The summed E-state index contributed by atoms with van der Waals surface area (Å²) in [5.74, 6) is 0.129. The molecule has 1 aromatic carbocycles. The molecular weight excluding hydrogens is 286 g/mol. The van der Waals surface area contributed by atoms with Crippen molar-refractivity contribution in [3.05, 3.63) is 34.9 Å². The summed E-state index contributed by atoms with van der Waals surface area (Å²) in [6.45, 7) is 3.71. The lowest BCUT2D eigenvalue weighted by molar-refractivity contribution is -0.122. The molecule has 1 aromatic rings. The van der Waals surface area contributed by atoms with Crippen LogP contribution < -0.4 is 5.32 Å². The second-order valence-corrected chi connectivity index (χ2v) is 6.27.